The van der Waals surface area contributed by atoms with Gasteiger partial charge in [-0.3, -0.25) is 9.59 Å². The van der Waals surface area contributed by atoms with Crippen LogP contribution in [0.3, 0.4) is 0 Å². The van der Waals surface area contributed by atoms with E-state index in [0.717, 1.165) is 6.42 Å². The smallest absolute Gasteiger partial charge is 0.263 e. The molecule has 1 fully saturated rings. The Balaban J connectivity index is 1.72. The lowest BCUT2D eigenvalue weighted by Gasteiger charge is -2.38. The second-order valence-corrected chi connectivity index (χ2v) is 7.09. The van der Waals surface area contributed by atoms with Crippen molar-refractivity contribution in [2.75, 3.05) is 19.8 Å². The second-order valence-electron chi connectivity index (χ2n) is 7.09. The summed E-state index contributed by atoms with van der Waals surface area (Å²) >= 11 is 0. The van der Waals surface area contributed by atoms with Gasteiger partial charge < -0.3 is 14.6 Å². The molecular weight excluding hydrogens is 316 g/mol. The van der Waals surface area contributed by atoms with Gasteiger partial charge in [0.25, 0.3) is 11.5 Å². The summed E-state index contributed by atoms with van der Waals surface area (Å²) in [6, 6.07) is 11.8. The highest BCUT2D eigenvalue weighted by molar-refractivity contribution is 5.95. The molecule has 1 aliphatic heterocycles. The van der Waals surface area contributed by atoms with Crippen molar-refractivity contribution in [3.05, 3.63) is 69.6 Å². The third kappa shape index (κ3) is 3.99. The van der Waals surface area contributed by atoms with Crippen LogP contribution >= 0.6 is 0 Å². The maximum absolute atomic E-state index is 12.7. The SMILES string of the molecule is Cc1ccn(CCc2ccccc2)c(=O)c1C(=O)NCC1(C)COC1. The van der Waals surface area contributed by atoms with Crippen molar-refractivity contribution < 1.29 is 9.53 Å². The maximum Gasteiger partial charge on any atom is 0.263 e. The molecule has 0 radical (unpaired) electrons. The van der Waals surface area contributed by atoms with E-state index in [-0.39, 0.29) is 22.4 Å². The van der Waals surface area contributed by atoms with Crippen LogP contribution in [0, 0.1) is 12.3 Å². The van der Waals surface area contributed by atoms with Gasteiger partial charge in [-0.15, -0.1) is 0 Å². The van der Waals surface area contributed by atoms with E-state index in [1.807, 2.05) is 36.4 Å². The molecule has 1 aromatic heterocycles. The summed E-state index contributed by atoms with van der Waals surface area (Å²) in [6.45, 7) is 6.21. The van der Waals surface area contributed by atoms with Gasteiger partial charge in [0, 0.05) is 24.7 Å². The number of rotatable bonds is 6. The first-order valence-electron chi connectivity index (χ1n) is 8.58. The molecule has 2 heterocycles. The van der Waals surface area contributed by atoms with Crippen LogP contribution in [-0.4, -0.2) is 30.2 Å². The highest BCUT2D eigenvalue weighted by atomic mass is 16.5. The summed E-state index contributed by atoms with van der Waals surface area (Å²) in [5, 5.41) is 2.89. The topological polar surface area (TPSA) is 60.3 Å². The second kappa shape index (κ2) is 7.23. The lowest BCUT2D eigenvalue weighted by molar-refractivity contribution is -0.0978. The largest absolute Gasteiger partial charge is 0.380 e. The molecule has 0 unspecified atom stereocenters. The zero-order valence-electron chi connectivity index (χ0n) is 14.7. The first-order chi connectivity index (χ1) is 12.0. The van der Waals surface area contributed by atoms with Crippen molar-refractivity contribution in [3.63, 3.8) is 0 Å². The van der Waals surface area contributed by atoms with Crippen molar-refractivity contribution in [3.8, 4) is 0 Å². The Labute approximate surface area is 147 Å². The number of benzene rings is 1. The van der Waals surface area contributed by atoms with Gasteiger partial charge in [-0.1, -0.05) is 37.3 Å². The average Bonchev–Trinajstić information content (AvgIpc) is 2.58. The minimum atomic E-state index is -0.301. The molecule has 0 bridgehead atoms. The number of amides is 1. The monoisotopic (exact) mass is 340 g/mol. The quantitative estimate of drug-likeness (QED) is 0.877. The minimum absolute atomic E-state index is 0.0231. The molecule has 5 nitrogen and oxygen atoms in total. The molecule has 0 saturated carbocycles. The number of pyridine rings is 1. The van der Waals surface area contributed by atoms with E-state index in [2.05, 4.69) is 12.2 Å². The molecule has 25 heavy (non-hydrogen) atoms. The third-order valence-electron chi connectivity index (χ3n) is 4.66. The Morgan fingerprint density at radius 2 is 1.96 bits per heavy atom. The number of carbonyl (C=O) groups excluding carboxylic acids is 1. The molecule has 1 amide bonds. The van der Waals surface area contributed by atoms with Gasteiger partial charge in [-0.05, 0) is 30.5 Å². The van der Waals surface area contributed by atoms with E-state index in [9.17, 15) is 9.59 Å². The van der Waals surface area contributed by atoms with Crippen molar-refractivity contribution >= 4 is 5.91 Å². The van der Waals surface area contributed by atoms with Crippen LogP contribution < -0.4 is 10.9 Å². The summed E-state index contributed by atoms with van der Waals surface area (Å²) in [6.07, 6.45) is 2.51. The van der Waals surface area contributed by atoms with Crippen LogP contribution in [0.4, 0.5) is 0 Å². The fourth-order valence-electron chi connectivity index (χ4n) is 2.95. The van der Waals surface area contributed by atoms with Gasteiger partial charge in [0.05, 0.1) is 13.2 Å². The van der Waals surface area contributed by atoms with Gasteiger partial charge in [0.1, 0.15) is 5.56 Å². The van der Waals surface area contributed by atoms with Crippen molar-refractivity contribution in [1.29, 1.82) is 0 Å². The Kier molecular flexibility index (Phi) is 5.04. The number of carbonyl (C=O) groups is 1. The van der Waals surface area contributed by atoms with Crippen LogP contribution in [0.5, 0.6) is 0 Å². The first kappa shape index (κ1) is 17.4. The van der Waals surface area contributed by atoms with Gasteiger partial charge in [0.15, 0.2) is 0 Å². The van der Waals surface area contributed by atoms with E-state index < -0.39 is 0 Å². The molecule has 3 rings (SSSR count). The van der Waals surface area contributed by atoms with Gasteiger partial charge >= 0.3 is 0 Å². The van der Waals surface area contributed by atoms with Crippen molar-refractivity contribution in [1.82, 2.24) is 9.88 Å². The average molecular weight is 340 g/mol. The molecule has 5 heteroatoms. The number of aryl methyl sites for hydroxylation is 3. The molecule has 1 N–H and O–H groups in total. The third-order valence-corrected chi connectivity index (χ3v) is 4.66. The number of ether oxygens (including phenoxy) is 1. The number of hydrogen-bond donors (Lipinski definition) is 1. The molecule has 2 aromatic rings. The fourth-order valence-corrected chi connectivity index (χ4v) is 2.95. The fraction of sp³-hybridized carbons (Fsp3) is 0.400. The lowest BCUT2D eigenvalue weighted by Crippen LogP contribution is -2.49. The first-order valence-corrected chi connectivity index (χ1v) is 8.58. The molecule has 1 aliphatic rings. The minimum Gasteiger partial charge on any atom is -0.380 e. The number of hydrogen-bond acceptors (Lipinski definition) is 3. The van der Waals surface area contributed by atoms with Crippen LogP contribution in [0.25, 0.3) is 0 Å². The Hall–Kier alpha value is -2.40. The number of aromatic nitrogens is 1. The maximum atomic E-state index is 12.7. The molecular formula is C20H24N2O3. The van der Waals surface area contributed by atoms with Crippen LogP contribution in [-0.2, 0) is 17.7 Å². The summed E-state index contributed by atoms with van der Waals surface area (Å²) in [4.78, 5) is 25.3. The predicted octanol–water partition coefficient (Wildman–Crippen LogP) is 2.17. The van der Waals surface area contributed by atoms with E-state index in [4.69, 9.17) is 4.74 Å². The number of nitrogens with one attached hydrogen (secondary N) is 1. The van der Waals surface area contributed by atoms with E-state index in [0.29, 0.717) is 31.9 Å². The van der Waals surface area contributed by atoms with Crippen molar-refractivity contribution in [2.45, 2.75) is 26.8 Å². The lowest BCUT2D eigenvalue weighted by atomic mass is 9.88. The highest BCUT2D eigenvalue weighted by Crippen LogP contribution is 2.25. The van der Waals surface area contributed by atoms with Gasteiger partial charge in [0.2, 0.25) is 0 Å². The highest BCUT2D eigenvalue weighted by Gasteiger charge is 2.34. The van der Waals surface area contributed by atoms with E-state index in [1.54, 1.807) is 17.7 Å². The zero-order chi connectivity index (χ0) is 17.9. The van der Waals surface area contributed by atoms with Crippen molar-refractivity contribution in [2.24, 2.45) is 5.41 Å². The van der Waals surface area contributed by atoms with Crippen LogP contribution in [0.1, 0.15) is 28.4 Å². The normalized spacial score (nSPS) is 15.4. The Morgan fingerprint density at radius 1 is 1.24 bits per heavy atom. The Morgan fingerprint density at radius 3 is 2.60 bits per heavy atom. The predicted molar refractivity (Wildman–Crippen MR) is 96.8 cm³/mol. The molecule has 1 saturated heterocycles. The number of nitrogens with zero attached hydrogens (tertiary/aromatic N) is 1. The van der Waals surface area contributed by atoms with Crippen LogP contribution in [0.15, 0.2) is 47.4 Å². The molecule has 0 aliphatic carbocycles. The summed E-state index contributed by atoms with van der Waals surface area (Å²) in [5.41, 5.74) is 1.85. The van der Waals surface area contributed by atoms with Gasteiger partial charge in [-0.2, -0.15) is 0 Å². The molecule has 132 valence electrons. The van der Waals surface area contributed by atoms with Crippen LogP contribution in [0.2, 0.25) is 0 Å². The van der Waals surface area contributed by atoms with E-state index in [1.165, 1.54) is 5.56 Å². The molecule has 0 atom stereocenters. The zero-order valence-corrected chi connectivity index (χ0v) is 14.7. The summed E-state index contributed by atoms with van der Waals surface area (Å²) in [7, 11) is 0. The molecule has 1 aromatic carbocycles. The standard InChI is InChI=1S/C20H24N2O3/c1-15-8-10-22(11-9-16-6-4-3-5-7-16)19(24)17(15)18(23)21-12-20(2)13-25-14-20/h3-8,10H,9,11-14H2,1-2H3,(H,21,23). The summed E-state index contributed by atoms with van der Waals surface area (Å²) < 4.78 is 6.81. The summed E-state index contributed by atoms with van der Waals surface area (Å²) in [5.74, 6) is -0.301. The molecule has 0 spiro atoms. The van der Waals surface area contributed by atoms with Gasteiger partial charge in [-0.25, -0.2) is 0 Å². The Bertz CT molecular complexity index is 807. The van der Waals surface area contributed by atoms with E-state index >= 15 is 0 Å².